The second kappa shape index (κ2) is 4.97. The van der Waals surface area contributed by atoms with Crippen LogP contribution < -0.4 is 10.5 Å². The van der Waals surface area contributed by atoms with Crippen molar-refractivity contribution in [3.8, 4) is 17.1 Å². The highest BCUT2D eigenvalue weighted by molar-refractivity contribution is 6.33. The van der Waals surface area contributed by atoms with E-state index in [-0.39, 0.29) is 0 Å². The van der Waals surface area contributed by atoms with E-state index in [0.29, 0.717) is 16.5 Å². The number of H-pyrrole nitrogens is 1. The number of aromatic amines is 1. The molecule has 0 amide bonds. The number of fused-ring (bicyclic) bond motifs is 1. The predicted molar refractivity (Wildman–Crippen MR) is 87.0 cm³/mol. The van der Waals surface area contributed by atoms with Crippen molar-refractivity contribution in [2.24, 2.45) is 0 Å². The molecule has 0 unspecified atom stereocenters. The largest absolute Gasteiger partial charge is 0.496 e. The number of nitrogens with one attached hydrogen (secondary N) is 1. The minimum absolute atomic E-state index is 0.485. The third-order valence-corrected chi connectivity index (χ3v) is 3.82. The maximum atomic E-state index is 6.13. The molecule has 3 rings (SSSR count). The highest BCUT2D eigenvalue weighted by atomic mass is 35.5. The number of nitrogens with two attached hydrogens (primary N) is 1. The Bertz CT molecular complexity index is 839. The predicted octanol–water partition coefficient (Wildman–Crippen LogP) is 4.09. The summed E-state index contributed by atoms with van der Waals surface area (Å²) in [6, 6.07) is 7.67. The number of benzene rings is 2. The van der Waals surface area contributed by atoms with Gasteiger partial charge in [-0.3, -0.25) is 0 Å². The number of imidazole rings is 1. The Labute approximate surface area is 127 Å². The molecule has 5 heteroatoms. The average molecular weight is 302 g/mol. The number of aromatic nitrogens is 2. The van der Waals surface area contributed by atoms with Gasteiger partial charge in [-0.25, -0.2) is 4.98 Å². The Morgan fingerprint density at radius 1 is 1.19 bits per heavy atom. The second-order valence-corrected chi connectivity index (χ2v) is 5.54. The Hall–Kier alpha value is -2.20. The molecular formula is C16H16ClN3O. The topological polar surface area (TPSA) is 63.9 Å². The average Bonchev–Trinajstić information content (AvgIpc) is 2.85. The fourth-order valence-electron chi connectivity index (χ4n) is 2.52. The molecule has 21 heavy (non-hydrogen) atoms. The van der Waals surface area contributed by atoms with E-state index >= 15 is 0 Å². The summed E-state index contributed by atoms with van der Waals surface area (Å²) in [5, 5.41) is 0.485. The summed E-state index contributed by atoms with van der Waals surface area (Å²) < 4.78 is 5.39. The summed E-state index contributed by atoms with van der Waals surface area (Å²) in [6.07, 6.45) is 0. The van der Waals surface area contributed by atoms with Crippen LogP contribution in [0.2, 0.25) is 5.02 Å². The van der Waals surface area contributed by atoms with Crippen LogP contribution in [0.4, 0.5) is 5.69 Å². The molecule has 1 heterocycles. The Balaban J connectivity index is 2.25. The first-order chi connectivity index (χ1) is 9.99. The van der Waals surface area contributed by atoms with Crippen molar-refractivity contribution >= 4 is 28.3 Å². The number of nitrogens with zero attached hydrogens (tertiary/aromatic N) is 1. The molecule has 4 nitrogen and oxygen atoms in total. The molecule has 0 saturated carbocycles. The van der Waals surface area contributed by atoms with Crippen LogP contribution >= 0.6 is 11.6 Å². The van der Waals surface area contributed by atoms with Gasteiger partial charge in [0.2, 0.25) is 0 Å². The summed E-state index contributed by atoms with van der Waals surface area (Å²) in [5.41, 5.74) is 11.4. The van der Waals surface area contributed by atoms with E-state index < -0.39 is 0 Å². The number of rotatable bonds is 2. The first-order valence-electron chi connectivity index (χ1n) is 6.60. The lowest BCUT2D eigenvalue weighted by molar-refractivity contribution is 0.416. The molecule has 2 aromatic carbocycles. The van der Waals surface area contributed by atoms with Crippen molar-refractivity contribution in [1.82, 2.24) is 9.97 Å². The molecule has 108 valence electrons. The zero-order valence-electron chi connectivity index (χ0n) is 12.1. The van der Waals surface area contributed by atoms with Crippen LogP contribution in [0.25, 0.3) is 22.4 Å². The van der Waals surface area contributed by atoms with E-state index in [1.165, 1.54) is 5.56 Å². The van der Waals surface area contributed by atoms with E-state index in [2.05, 4.69) is 29.0 Å². The number of hydrogen-bond donors (Lipinski definition) is 2. The van der Waals surface area contributed by atoms with Gasteiger partial charge in [-0.2, -0.15) is 0 Å². The van der Waals surface area contributed by atoms with Crippen molar-refractivity contribution in [2.75, 3.05) is 12.8 Å². The number of halogens is 1. The molecule has 0 aliphatic heterocycles. The van der Waals surface area contributed by atoms with Crippen LogP contribution in [-0.2, 0) is 0 Å². The highest BCUT2D eigenvalue weighted by Gasteiger charge is 2.14. The normalized spacial score (nSPS) is 11.0. The quantitative estimate of drug-likeness (QED) is 0.701. The highest BCUT2D eigenvalue weighted by Crippen LogP contribution is 2.36. The Kier molecular flexibility index (Phi) is 3.26. The lowest BCUT2D eigenvalue weighted by atomic mass is 10.1. The zero-order valence-corrected chi connectivity index (χ0v) is 12.9. The molecule has 0 fully saturated rings. The van der Waals surface area contributed by atoms with Gasteiger partial charge in [0.1, 0.15) is 11.6 Å². The van der Waals surface area contributed by atoms with Crippen molar-refractivity contribution < 1.29 is 4.74 Å². The minimum atomic E-state index is 0.485. The van der Waals surface area contributed by atoms with Crippen LogP contribution in [0.3, 0.4) is 0 Å². The summed E-state index contributed by atoms with van der Waals surface area (Å²) in [7, 11) is 1.60. The van der Waals surface area contributed by atoms with Crippen LogP contribution in [0, 0.1) is 13.8 Å². The van der Waals surface area contributed by atoms with E-state index in [9.17, 15) is 0 Å². The number of aryl methyl sites for hydroxylation is 2. The number of anilines is 1. The van der Waals surface area contributed by atoms with Crippen molar-refractivity contribution in [3.05, 3.63) is 40.4 Å². The first-order valence-corrected chi connectivity index (χ1v) is 6.97. The number of hydrogen-bond acceptors (Lipinski definition) is 3. The third-order valence-electron chi connectivity index (χ3n) is 3.50. The van der Waals surface area contributed by atoms with Crippen LogP contribution in [0.15, 0.2) is 24.3 Å². The van der Waals surface area contributed by atoms with Gasteiger partial charge >= 0.3 is 0 Å². The van der Waals surface area contributed by atoms with E-state index in [1.807, 2.05) is 6.92 Å². The molecule has 1 aromatic heterocycles. The molecule has 0 saturated heterocycles. The van der Waals surface area contributed by atoms with Gasteiger partial charge in [0.25, 0.3) is 0 Å². The molecule has 3 N–H and O–H groups in total. The van der Waals surface area contributed by atoms with E-state index in [0.717, 1.165) is 28.0 Å². The lowest BCUT2D eigenvalue weighted by Gasteiger charge is -2.08. The van der Waals surface area contributed by atoms with E-state index in [1.54, 1.807) is 19.2 Å². The molecule has 0 spiro atoms. The van der Waals surface area contributed by atoms with Crippen molar-refractivity contribution in [1.29, 1.82) is 0 Å². The fourth-order valence-corrected chi connectivity index (χ4v) is 2.69. The molecule has 3 aromatic rings. The summed E-state index contributed by atoms with van der Waals surface area (Å²) in [6.45, 7) is 4.11. The summed E-state index contributed by atoms with van der Waals surface area (Å²) >= 11 is 6.13. The van der Waals surface area contributed by atoms with Crippen molar-refractivity contribution in [2.45, 2.75) is 13.8 Å². The van der Waals surface area contributed by atoms with Crippen LogP contribution in [0.1, 0.15) is 11.1 Å². The summed E-state index contributed by atoms with van der Waals surface area (Å²) in [4.78, 5) is 7.99. The first kappa shape index (κ1) is 13.8. The Morgan fingerprint density at radius 2 is 1.95 bits per heavy atom. The van der Waals surface area contributed by atoms with Gasteiger partial charge in [-0.1, -0.05) is 17.7 Å². The maximum Gasteiger partial charge on any atom is 0.142 e. The van der Waals surface area contributed by atoms with Gasteiger partial charge in [0, 0.05) is 6.07 Å². The molecule has 0 bridgehead atoms. The maximum absolute atomic E-state index is 6.13. The Morgan fingerprint density at radius 3 is 2.67 bits per heavy atom. The summed E-state index contributed by atoms with van der Waals surface area (Å²) in [5.74, 6) is 1.36. The lowest BCUT2D eigenvalue weighted by Crippen LogP contribution is -1.93. The van der Waals surface area contributed by atoms with Gasteiger partial charge in [0.15, 0.2) is 0 Å². The fraction of sp³-hybridized carbons (Fsp3) is 0.188. The SMILES string of the molecule is COc1cc(N)c(Cl)cc1-c1nc2c(C)cc(C)cc2[nH]1. The standard InChI is InChI=1S/C16H16ClN3O/c1-8-4-9(2)15-13(5-8)19-16(20-15)10-6-11(17)12(18)7-14(10)21-3/h4-7H,18H2,1-3H3,(H,19,20). The van der Waals surface area contributed by atoms with Gasteiger partial charge in [-0.05, 0) is 37.1 Å². The minimum Gasteiger partial charge on any atom is -0.496 e. The molecule has 0 radical (unpaired) electrons. The van der Waals surface area contributed by atoms with E-state index in [4.69, 9.17) is 22.1 Å². The monoisotopic (exact) mass is 301 g/mol. The zero-order chi connectivity index (χ0) is 15.1. The smallest absolute Gasteiger partial charge is 0.142 e. The van der Waals surface area contributed by atoms with Crippen LogP contribution in [0.5, 0.6) is 5.75 Å². The second-order valence-electron chi connectivity index (χ2n) is 5.14. The van der Waals surface area contributed by atoms with Gasteiger partial charge < -0.3 is 15.5 Å². The molecular weight excluding hydrogens is 286 g/mol. The molecule has 0 atom stereocenters. The molecule has 0 aliphatic rings. The number of nitrogen functional groups attached to an aromatic ring is 1. The van der Waals surface area contributed by atoms with Crippen LogP contribution in [-0.4, -0.2) is 17.1 Å². The van der Waals surface area contributed by atoms with Crippen molar-refractivity contribution in [3.63, 3.8) is 0 Å². The third kappa shape index (κ3) is 2.32. The number of ether oxygens (including phenoxy) is 1. The van der Waals surface area contributed by atoms with Gasteiger partial charge in [-0.15, -0.1) is 0 Å². The number of methoxy groups -OCH3 is 1. The molecule has 0 aliphatic carbocycles. The van der Waals surface area contributed by atoms with Gasteiger partial charge in [0.05, 0.1) is 34.4 Å².